The molecule has 2 rings (SSSR count). The molecule has 0 aromatic carbocycles. The molecule has 17 heavy (non-hydrogen) atoms. The van der Waals surface area contributed by atoms with E-state index < -0.39 is 12.0 Å². The fourth-order valence-electron chi connectivity index (χ4n) is 1.98. The van der Waals surface area contributed by atoms with Crippen molar-refractivity contribution < 1.29 is 9.90 Å². The Morgan fingerprint density at radius 2 is 2.35 bits per heavy atom. The third-order valence-electron chi connectivity index (χ3n) is 2.94. The number of hydrogen-bond acceptors (Lipinski definition) is 4. The fraction of sp³-hybridized carbons (Fsp3) is 0.545. The zero-order chi connectivity index (χ0) is 12.4. The number of anilines is 1. The highest BCUT2D eigenvalue weighted by atomic mass is 35.5. The smallest absolute Gasteiger partial charge is 0.326 e. The van der Waals surface area contributed by atoms with Crippen molar-refractivity contribution in [3.63, 3.8) is 0 Å². The summed E-state index contributed by atoms with van der Waals surface area (Å²) >= 11 is 5.94. The molecule has 0 aliphatic carbocycles. The predicted octanol–water partition coefficient (Wildman–Crippen LogP) is 1.88. The lowest BCUT2D eigenvalue weighted by Gasteiger charge is -2.32. The number of piperidine rings is 1. The Hall–Kier alpha value is -1.36. The number of halogens is 1. The number of rotatable bonds is 2. The average Bonchev–Trinajstić information content (AvgIpc) is 2.32. The maximum atomic E-state index is 11.2. The Morgan fingerprint density at radius 1 is 1.59 bits per heavy atom. The van der Waals surface area contributed by atoms with Crippen LogP contribution in [-0.4, -0.2) is 33.6 Å². The second kappa shape index (κ2) is 4.87. The van der Waals surface area contributed by atoms with E-state index in [0.29, 0.717) is 24.1 Å². The van der Waals surface area contributed by atoms with E-state index in [1.54, 1.807) is 11.1 Å². The molecular weight excluding hydrogens is 242 g/mol. The van der Waals surface area contributed by atoms with Crippen LogP contribution in [0.3, 0.4) is 0 Å². The van der Waals surface area contributed by atoms with Crippen LogP contribution in [0.15, 0.2) is 6.20 Å². The van der Waals surface area contributed by atoms with E-state index in [2.05, 4.69) is 9.97 Å². The lowest BCUT2D eigenvalue weighted by molar-refractivity contribution is -0.139. The molecule has 2 heterocycles. The van der Waals surface area contributed by atoms with Gasteiger partial charge in [-0.2, -0.15) is 0 Å². The number of carboxylic acid groups (broad SMARTS) is 1. The van der Waals surface area contributed by atoms with Crippen LogP contribution in [0.4, 0.5) is 5.95 Å². The van der Waals surface area contributed by atoms with E-state index in [4.69, 9.17) is 16.7 Å². The lowest BCUT2D eigenvalue weighted by Crippen LogP contribution is -2.45. The number of aliphatic carboxylic acids is 1. The first kappa shape index (κ1) is 12.1. The van der Waals surface area contributed by atoms with Crippen LogP contribution in [0.2, 0.25) is 5.15 Å². The van der Waals surface area contributed by atoms with Crippen molar-refractivity contribution in [2.24, 2.45) is 0 Å². The highest BCUT2D eigenvalue weighted by Crippen LogP contribution is 2.23. The number of hydrogen-bond donors (Lipinski definition) is 1. The van der Waals surface area contributed by atoms with Gasteiger partial charge in [0.15, 0.2) is 0 Å². The maximum absolute atomic E-state index is 11.2. The molecule has 5 nitrogen and oxygen atoms in total. The van der Waals surface area contributed by atoms with Gasteiger partial charge in [0.1, 0.15) is 11.2 Å². The van der Waals surface area contributed by atoms with E-state index >= 15 is 0 Å². The highest BCUT2D eigenvalue weighted by Gasteiger charge is 2.30. The molecule has 0 unspecified atom stereocenters. The summed E-state index contributed by atoms with van der Waals surface area (Å²) in [6.45, 7) is 2.48. The molecule has 0 bridgehead atoms. The SMILES string of the molecule is Cc1cnc(N2CCCC[C@H]2C(=O)O)nc1Cl. The minimum atomic E-state index is -0.829. The van der Waals surface area contributed by atoms with Gasteiger partial charge >= 0.3 is 5.97 Å². The van der Waals surface area contributed by atoms with Crippen LogP contribution in [-0.2, 0) is 4.79 Å². The van der Waals surface area contributed by atoms with Crippen LogP contribution in [0.25, 0.3) is 0 Å². The third kappa shape index (κ3) is 2.49. The maximum Gasteiger partial charge on any atom is 0.326 e. The van der Waals surface area contributed by atoms with E-state index in [-0.39, 0.29) is 0 Å². The molecule has 1 saturated heterocycles. The summed E-state index contributed by atoms with van der Waals surface area (Å²) in [5, 5.41) is 9.54. The second-order valence-corrected chi connectivity index (χ2v) is 4.55. The summed E-state index contributed by atoms with van der Waals surface area (Å²) in [6.07, 6.45) is 4.13. The van der Waals surface area contributed by atoms with E-state index in [1.807, 2.05) is 6.92 Å². The standard InChI is InChI=1S/C11H14ClN3O2/c1-7-6-13-11(14-9(7)12)15-5-3-2-4-8(15)10(16)17/h6,8H,2-5H2,1H3,(H,16,17)/t8-/m0/s1. The van der Waals surface area contributed by atoms with Gasteiger partial charge in [-0.25, -0.2) is 14.8 Å². The predicted molar refractivity (Wildman–Crippen MR) is 64.4 cm³/mol. The molecule has 1 N–H and O–H groups in total. The van der Waals surface area contributed by atoms with Gasteiger partial charge in [-0.1, -0.05) is 11.6 Å². The molecule has 1 aromatic rings. The Kier molecular flexibility index (Phi) is 3.47. The molecule has 6 heteroatoms. The molecule has 0 spiro atoms. The van der Waals surface area contributed by atoms with Crippen molar-refractivity contribution in [2.75, 3.05) is 11.4 Å². The fourth-order valence-corrected chi connectivity index (χ4v) is 2.10. The topological polar surface area (TPSA) is 66.3 Å². The Morgan fingerprint density at radius 3 is 3.00 bits per heavy atom. The van der Waals surface area contributed by atoms with Crippen LogP contribution < -0.4 is 4.90 Å². The Labute approximate surface area is 104 Å². The van der Waals surface area contributed by atoms with Gasteiger partial charge in [-0.05, 0) is 26.2 Å². The van der Waals surface area contributed by atoms with Crippen molar-refractivity contribution in [3.05, 3.63) is 16.9 Å². The summed E-state index contributed by atoms with van der Waals surface area (Å²) in [4.78, 5) is 21.2. The lowest BCUT2D eigenvalue weighted by atomic mass is 10.0. The summed E-state index contributed by atoms with van der Waals surface area (Å²) in [7, 11) is 0. The zero-order valence-electron chi connectivity index (χ0n) is 9.56. The van der Waals surface area contributed by atoms with Gasteiger partial charge < -0.3 is 10.0 Å². The quantitative estimate of drug-likeness (QED) is 0.818. The van der Waals surface area contributed by atoms with Gasteiger partial charge in [-0.3, -0.25) is 0 Å². The van der Waals surface area contributed by atoms with Crippen molar-refractivity contribution in [2.45, 2.75) is 32.2 Å². The van der Waals surface area contributed by atoms with Gasteiger partial charge in [0, 0.05) is 18.3 Å². The van der Waals surface area contributed by atoms with Crippen molar-refractivity contribution in [1.29, 1.82) is 0 Å². The highest BCUT2D eigenvalue weighted by molar-refractivity contribution is 6.30. The minimum Gasteiger partial charge on any atom is -0.480 e. The van der Waals surface area contributed by atoms with Crippen molar-refractivity contribution >= 4 is 23.5 Å². The first-order valence-electron chi connectivity index (χ1n) is 5.58. The summed E-state index contributed by atoms with van der Waals surface area (Å²) < 4.78 is 0. The van der Waals surface area contributed by atoms with Gasteiger partial charge in [0.2, 0.25) is 5.95 Å². The van der Waals surface area contributed by atoms with Gasteiger partial charge in [-0.15, -0.1) is 0 Å². The van der Waals surface area contributed by atoms with Crippen LogP contribution in [0.1, 0.15) is 24.8 Å². The monoisotopic (exact) mass is 255 g/mol. The number of carbonyl (C=O) groups is 1. The van der Waals surface area contributed by atoms with Gasteiger partial charge in [0.25, 0.3) is 0 Å². The number of carboxylic acids is 1. The van der Waals surface area contributed by atoms with Crippen LogP contribution in [0.5, 0.6) is 0 Å². The number of nitrogens with zero attached hydrogens (tertiary/aromatic N) is 3. The largest absolute Gasteiger partial charge is 0.480 e. The molecule has 0 radical (unpaired) electrons. The molecule has 92 valence electrons. The normalized spacial score (nSPS) is 20.4. The number of aryl methyl sites for hydroxylation is 1. The zero-order valence-corrected chi connectivity index (χ0v) is 10.3. The summed E-state index contributed by atoms with van der Waals surface area (Å²) in [6, 6.07) is -0.539. The van der Waals surface area contributed by atoms with Crippen LogP contribution >= 0.6 is 11.6 Å². The molecule has 1 aromatic heterocycles. The Bertz CT molecular complexity index is 439. The van der Waals surface area contributed by atoms with E-state index in [9.17, 15) is 4.79 Å². The van der Waals surface area contributed by atoms with E-state index in [0.717, 1.165) is 18.4 Å². The first-order chi connectivity index (χ1) is 8.09. The average molecular weight is 256 g/mol. The minimum absolute atomic E-state index is 0.379. The van der Waals surface area contributed by atoms with E-state index in [1.165, 1.54) is 0 Å². The molecule has 1 aliphatic heterocycles. The third-order valence-corrected chi connectivity index (χ3v) is 3.32. The molecule has 1 fully saturated rings. The summed E-state index contributed by atoms with van der Waals surface area (Å²) in [5.74, 6) is -0.419. The van der Waals surface area contributed by atoms with Gasteiger partial charge in [0.05, 0.1) is 0 Å². The molecule has 1 atom stereocenters. The molecule has 0 amide bonds. The van der Waals surface area contributed by atoms with Crippen LogP contribution in [0, 0.1) is 6.92 Å². The molecular formula is C11H14ClN3O2. The van der Waals surface area contributed by atoms with Crippen molar-refractivity contribution in [3.8, 4) is 0 Å². The van der Waals surface area contributed by atoms with Crippen molar-refractivity contribution in [1.82, 2.24) is 9.97 Å². The number of aromatic nitrogens is 2. The summed E-state index contributed by atoms with van der Waals surface area (Å²) in [5.41, 5.74) is 0.791. The molecule has 1 aliphatic rings. The molecule has 0 saturated carbocycles. The Balaban J connectivity index is 2.29. The second-order valence-electron chi connectivity index (χ2n) is 4.19. The first-order valence-corrected chi connectivity index (χ1v) is 5.96.